The lowest BCUT2D eigenvalue weighted by atomic mass is 9.91. The van der Waals surface area contributed by atoms with Gasteiger partial charge in [-0.05, 0) is 17.2 Å². The number of rotatable bonds is 5. The molecule has 0 bridgehead atoms. The van der Waals surface area contributed by atoms with Crippen molar-refractivity contribution in [2.24, 2.45) is 7.05 Å². The summed E-state index contributed by atoms with van der Waals surface area (Å²) in [5.41, 5.74) is 2.26. The van der Waals surface area contributed by atoms with Gasteiger partial charge >= 0.3 is 0 Å². The average molecular weight is 325 g/mol. The summed E-state index contributed by atoms with van der Waals surface area (Å²) in [5, 5.41) is 23.1. The number of nitro groups is 2. The maximum Gasteiger partial charge on any atom is 0.269 e. The number of fused-ring (bicyclic) bond motifs is 1. The van der Waals surface area contributed by atoms with Crippen molar-refractivity contribution in [1.82, 2.24) is 4.57 Å². The molecular weight excluding hydrogens is 310 g/mol. The van der Waals surface area contributed by atoms with E-state index in [1.54, 1.807) is 12.1 Å². The molecule has 0 fully saturated rings. The molecule has 24 heavy (non-hydrogen) atoms. The van der Waals surface area contributed by atoms with Gasteiger partial charge in [0, 0.05) is 41.2 Å². The lowest BCUT2D eigenvalue weighted by Gasteiger charge is -2.12. The number of hydrogen-bond donors (Lipinski definition) is 0. The van der Waals surface area contributed by atoms with Gasteiger partial charge in [-0.15, -0.1) is 0 Å². The Balaban J connectivity index is 2.18. The predicted octanol–water partition coefficient (Wildman–Crippen LogP) is 3.50. The van der Waals surface area contributed by atoms with Crippen LogP contribution in [0.1, 0.15) is 17.0 Å². The standard InChI is InChI=1S/C17H15N3O4/c1-18-10-16(14-7-2-3-8-17(14)18)15(11-19(21)22)12-5-4-6-13(9-12)20(23)24/h2-10,15H,11H2,1H3. The van der Waals surface area contributed by atoms with E-state index in [0.717, 1.165) is 16.5 Å². The quantitative estimate of drug-likeness (QED) is 0.530. The zero-order valence-corrected chi connectivity index (χ0v) is 13.0. The summed E-state index contributed by atoms with van der Waals surface area (Å²) in [7, 11) is 1.88. The molecular formula is C17H15N3O4. The highest BCUT2D eigenvalue weighted by Crippen LogP contribution is 2.33. The van der Waals surface area contributed by atoms with Crippen LogP contribution in [0.3, 0.4) is 0 Å². The molecule has 1 atom stereocenters. The van der Waals surface area contributed by atoms with E-state index >= 15 is 0 Å². The Hall–Kier alpha value is -3.22. The molecule has 122 valence electrons. The molecule has 0 aliphatic carbocycles. The van der Waals surface area contributed by atoms with E-state index in [2.05, 4.69) is 0 Å². The van der Waals surface area contributed by atoms with Gasteiger partial charge < -0.3 is 4.57 Å². The van der Waals surface area contributed by atoms with Crippen molar-refractivity contribution in [2.75, 3.05) is 6.54 Å². The summed E-state index contributed by atoms with van der Waals surface area (Å²) in [6.07, 6.45) is 1.86. The van der Waals surface area contributed by atoms with Crippen molar-refractivity contribution in [2.45, 2.75) is 5.92 Å². The fourth-order valence-corrected chi connectivity index (χ4v) is 3.04. The molecule has 0 spiro atoms. The second-order valence-corrected chi connectivity index (χ2v) is 5.63. The third-order valence-electron chi connectivity index (χ3n) is 4.12. The number of hydrogen-bond acceptors (Lipinski definition) is 4. The van der Waals surface area contributed by atoms with E-state index < -0.39 is 10.8 Å². The number of non-ortho nitro benzene ring substituents is 1. The second-order valence-electron chi connectivity index (χ2n) is 5.63. The maximum absolute atomic E-state index is 11.2. The molecule has 7 nitrogen and oxygen atoms in total. The Labute approximate surface area is 137 Å². The number of aromatic nitrogens is 1. The van der Waals surface area contributed by atoms with Gasteiger partial charge in [0.2, 0.25) is 6.54 Å². The van der Waals surface area contributed by atoms with Gasteiger partial charge in [0.05, 0.1) is 10.8 Å². The monoisotopic (exact) mass is 325 g/mol. The first-order valence-electron chi connectivity index (χ1n) is 7.37. The molecule has 3 rings (SSSR count). The second kappa shape index (κ2) is 6.11. The predicted molar refractivity (Wildman–Crippen MR) is 89.7 cm³/mol. The summed E-state index contributed by atoms with van der Waals surface area (Å²) in [6.45, 7) is -0.324. The molecule has 1 unspecified atom stereocenters. The van der Waals surface area contributed by atoms with E-state index in [1.807, 2.05) is 42.1 Å². The van der Waals surface area contributed by atoms with Gasteiger partial charge in [-0.25, -0.2) is 0 Å². The van der Waals surface area contributed by atoms with Crippen LogP contribution in [0.25, 0.3) is 10.9 Å². The normalized spacial score (nSPS) is 12.2. The largest absolute Gasteiger partial charge is 0.350 e. The van der Waals surface area contributed by atoms with Crippen molar-refractivity contribution in [3.63, 3.8) is 0 Å². The third-order valence-corrected chi connectivity index (χ3v) is 4.12. The number of nitro benzene ring substituents is 1. The molecule has 1 aromatic heterocycles. The van der Waals surface area contributed by atoms with Gasteiger partial charge in [-0.2, -0.15) is 0 Å². The van der Waals surface area contributed by atoms with Crippen LogP contribution in [-0.2, 0) is 7.05 Å². The van der Waals surface area contributed by atoms with E-state index in [0.29, 0.717) is 5.56 Å². The van der Waals surface area contributed by atoms with Crippen molar-refractivity contribution < 1.29 is 9.85 Å². The van der Waals surface area contributed by atoms with Crippen LogP contribution in [-0.4, -0.2) is 21.0 Å². The number of aryl methyl sites for hydroxylation is 1. The zero-order valence-electron chi connectivity index (χ0n) is 13.0. The van der Waals surface area contributed by atoms with E-state index in [9.17, 15) is 20.2 Å². The third kappa shape index (κ3) is 2.83. The van der Waals surface area contributed by atoms with Crippen molar-refractivity contribution in [3.05, 3.63) is 86.1 Å². The lowest BCUT2D eigenvalue weighted by Crippen LogP contribution is -2.14. The molecule has 0 aliphatic heterocycles. The summed E-state index contributed by atoms with van der Waals surface area (Å²) < 4.78 is 1.91. The smallest absolute Gasteiger partial charge is 0.269 e. The molecule has 0 amide bonds. The van der Waals surface area contributed by atoms with Crippen molar-refractivity contribution in [1.29, 1.82) is 0 Å². The fraction of sp³-hybridized carbons (Fsp3) is 0.176. The minimum absolute atomic E-state index is 0.0684. The highest BCUT2D eigenvalue weighted by molar-refractivity contribution is 5.85. The van der Waals surface area contributed by atoms with Crippen LogP contribution in [0, 0.1) is 20.2 Å². The average Bonchev–Trinajstić information content (AvgIpc) is 2.90. The van der Waals surface area contributed by atoms with Gasteiger partial charge in [0.1, 0.15) is 0 Å². The number of benzene rings is 2. The SMILES string of the molecule is Cn1cc(C(C[N+](=O)[O-])c2cccc([N+](=O)[O-])c2)c2ccccc21. The molecule has 1 heterocycles. The van der Waals surface area contributed by atoms with Crippen LogP contribution in [0.4, 0.5) is 5.69 Å². The fourth-order valence-electron chi connectivity index (χ4n) is 3.04. The summed E-state index contributed by atoms with van der Waals surface area (Å²) in [5.74, 6) is -0.550. The molecule has 7 heteroatoms. The summed E-state index contributed by atoms with van der Waals surface area (Å²) in [4.78, 5) is 21.3. The first-order chi connectivity index (χ1) is 11.5. The van der Waals surface area contributed by atoms with Crippen LogP contribution < -0.4 is 0 Å². The Morgan fingerprint density at radius 2 is 1.83 bits per heavy atom. The Kier molecular flexibility index (Phi) is 3.99. The Morgan fingerprint density at radius 1 is 1.08 bits per heavy atom. The van der Waals surface area contributed by atoms with Gasteiger partial charge in [0.25, 0.3) is 5.69 Å². The molecule has 0 radical (unpaired) electrons. The van der Waals surface area contributed by atoms with Crippen molar-refractivity contribution in [3.8, 4) is 0 Å². The first-order valence-corrected chi connectivity index (χ1v) is 7.37. The summed E-state index contributed by atoms with van der Waals surface area (Å²) in [6, 6.07) is 13.7. The van der Waals surface area contributed by atoms with E-state index in [1.165, 1.54) is 12.1 Å². The molecule has 0 saturated carbocycles. The molecule has 3 aromatic rings. The summed E-state index contributed by atoms with van der Waals surface area (Å²) >= 11 is 0. The van der Waals surface area contributed by atoms with Gasteiger partial charge in [-0.3, -0.25) is 20.2 Å². The van der Waals surface area contributed by atoms with E-state index in [4.69, 9.17) is 0 Å². The Bertz CT molecular complexity index is 932. The van der Waals surface area contributed by atoms with Crippen LogP contribution >= 0.6 is 0 Å². The molecule has 0 N–H and O–H groups in total. The zero-order chi connectivity index (χ0) is 17.3. The van der Waals surface area contributed by atoms with Crippen molar-refractivity contribution >= 4 is 16.6 Å². The van der Waals surface area contributed by atoms with Crippen LogP contribution in [0.5, 0.6) is 0 Å². The highest BCUT2D eigenvalue weighted by atomic mass is 16.6. The number of nitrogens with zero attached hydrogens (tertiary/aromatic N) is 3. The molecule has 2 aromatic carbocycles. The topological polar surface area (TPSA) is 91.2 Å². The van der Waals surface area contributed by atoms with E-state index in [-0.39, 0.29) is 17.2 Å². The van der Waals surface area contributed by atoms with Gasteiger partial charge in [0.15, 0.2) is 0 Å². The number of para-hydroxylation sites is 1. The first kappa shape index (κ1) is 15.7. The highest BCUT2D eigenvalue weighted by Gasteiger charge is 2.25. The molecule has 0 saturated heterocycles. The Morgan fingerprint density at radius 3 is 2.54 bits per heavy atom. The molecule has 0 aliphatic rings. The maximum atomic E-state index is 11.2. The minimum Gasteiger partial charge on any atom is -0.350 e. The van der Waals surface area contributed by atoms with Gasteiger partial charge in [-0.1, -0.05) is 30.3 Å². The minimum atomic E-state index is -0.550. The van der Waals surface area contributed by atoms with Crippen LogP contribution in [0.2, 0.25) is 0 Å². The lowest BCUT2D eigenvalue weighted by molar-refractivity contribution is -0.481. The van der Waals surface area contributed by atoms with Crippen LogP contribution in [0.15, 0.2) is 54.7 Å².